The number of alkyl halides is 2. The first-order valence-electron chi connectivity index (χ1n) is 10.1. The molecular formula is C21H34F2O3. The molecule has 0 unspecified atom stereocenters. The maximum absolute atomic E-state index is 13.7. The van der Waals surface area contributed by atoms with Gasteiger partial charge >= 0.3 is 11.9 Å². The molecular weight excluding hydrogens is 338 g/mol. The Kier molecular flexibility index (Phi) is 10.7. The monoisotopic (exact) mass is 372 g/mol. The van der Waals surface area contributed by atoms with Crippen molar-refractivity contribution in [3.8, 4) is 0 Å². The summed E-state index contributed by atoms with van der Waals surface area (Å²) in [5, 5.41) is 0. The molecule has 1 aliphatic carbocycles. The van der Waals surface area contributed by atoms with Gasteiger partial charge in [0.05, 0.1) is 7.11 Å². The van der Waals surface area contributed by atoms with Gasteiger partial charge in [-0.1, -0.05) is 45.1 Å². The number of allylic oxidation sites excluding steroid dienone is 2. The van der Waals surface area contributed by atoms with Crippen molar-refractivity contribution < 1.29 is 23.1 Å². The number of halogens is 2. The summed E-state index contributed by atoms with van der Waals surface area (Å²) in [4.78, 5) is 22.8. The summed E-state index contributed by atoms with van der Waals surface area (Å²) in [6.07, 6.45) is 12.3. The van der Waals surface area contributed by atoms with Gasteiger partial charge in [0.25, 0.3) is 0 Å². The summed E-state index contributed by atoms with van der Waals surface area (Å²) in [6.45, 7) is 1.84. The van der Waals surface area contributed by atoms with Crippen molar-refractivity contribution in [2.24, 2.45) is 11.8 Å². The third-order valence-corrected chi connectivity index (χ3v) is 5.35. The molecule has 0 aliphatic heterocycles. The lowest BCUT2D eigenvalue weighted by atomic mass is 9.89. The van der Waals surface area contributed by atoms with Crippen molar-refractivity contribution in [3.05, 3.63) is 12.2 Å². The first-order valence-corrected chi connectivity index (χ1v) is 10.1. The van der Waals surface area contributed by atoms with Gasteiger partial charge in [-0.15, -0.1) is 0 Å². The predicted molar refractivity (Wildman–Crippen MR) is 99.2 cm³/mol. The van der Waals surface area contributed by atoms with Gasteiger partial charge in [-0.3, -0.25) is 9.59 Å². The SMILES string of the molecule is CCCCC(F)(F)C(=O)/C=C/[C@H]1CCC[C@@H]1CCCCCCC(=O)OC. The number of hydrogen-bond acceptors (Lipinski definition) is 3. The molecule has 5 heteroatoms. The first-order chi connectivity index (χ1) is 12.4. The van der Waals surface area contributed by atoms with Gasteiger partial charge in [-0.05, 0) is 50.0 Å². The van der Waals surface area contributed by atoms with Crippen molar-refractivity contribution in [1.29, 1.82) is 0 Å². The maximum atomic E-state index is 13.7. The van der Waals surface area contributed by atoms with Crippen LogP contribution in [0.15, 0.2) is 12.2 Å². The topological polar surface area (TPSA) is 43.4 Å². The maximum Gasteiger partial charge on any atom is 0.309 e. The Hall–Kier alpha value is -1.26. The Bertz CT molecular complexity index is 460. The third-order valence-electron chi connectivity index (χ3n) is 5.35. The van der Waals surface area contributed by atoms with Crippen LogP contribution in [0.4, 0.5) is 8.78 Å². The molecule has 150 valence electrons. The molecule has 0 heterocycles. The van der Waals surface area contributed by atoms with Crippen LogP contribution in [0.2, 0.25) is 0 Å². The third kappa shape index (κ3) is 8.41. The van der Waals surface area contributed by atoms with Crippen molar-refractivity contribution in [2.45, 2.75) is 89.9 Å². The van der Waals surface area contributed by atoms with E-state index in [4.69, 9.17) is 0 Å². The van der Waals surface area contributed by atoms with E-state index in [1.807, 2.05) is 6.92 Å². The normalized spacial score (nSPS) is 20.6. The number of carbonyl (C=O) groups excluding carboxylic acids is 2. The molecule has 1 saturated carbocycles. The molecule has 0 radical (unpaired) electrons. The molecule has 0 N–H and O–H groups in total. The van der Waals surface area contributed by atoms with Crippen molar-refractivity contribution in [1.82, 2.24) is 0 Å². The van der Waals surface area contributed by atoms with E-state index in [1.165, 1.54) is 7.11 Å². The quantitative estimate of drug-likeness (QED) is 0.231. The molecule has 0 amide bonds. The van der Waals surface area contributed by atoms with Crippen LogP contribution >= 0.6 is 0 Å². The smallest absolute Gasteiger partial charge is 0.309 e. The number of ether oxygens (including phenoxy) is 1. The highest BCUT2D eigenvalue weighted by Crippen LogP contribution is 2.36. The van der Waals surface area contributed by atoms with Gasteiger partial charge < -0.3 is 4.74 Å². The number of hydrogen-bond donors (Lipinski definition) is 0. The predicted octanol–water partition coefficient (Wildman–Crippen LogP) is 5.87. The second kappa shape index (κ2) is 12.2. The van der Waals surface area contributed by atoms with Gasteiger partial charge in [0.2, 0.25) is 5.78 Å². The average molecular weight is 372 g/mol. The zero-order valence-electron chi connectivity index (χ0n) is 16.3. The molecule has 1 fully saturated rings. The number of rotatable bonds is 13. The minimum absolute atomic E-state index is 0.161. The summed E-state index contributed by atoms with van der Waals surface area (Å²) in [5.74, 6) is -3.69. The fourth-order valence-electron chi connectivity index (χ4n) is 3.66. The Balaban J connectivity index is 2.31. The number of unbranched alkanes of at least 4 members (excludes halogenated alkanes) is 4. The second-order valence-electron chi connectivity index (χ2n) is 7.42. The minimum atomic E-state index is -3.22. The highest BCUT2D eigenvalue weighted by Gasteiger charge is 2.36. The molecule has 0 saturated heterocycles. The Labute approximate surface area is 156 Å². The minimum Gasteiger partial charge on any atom is -0.469 e. The molecule has 3 nitrogen and oxygen atoms in total. The van der Waals surface area contributed by atoms with Crippen LogP contribution in [0.25, 0.3) is 0 Å². The van der Waals surface area contributed by atoms with Crippen LogP contribution in [0.3, 0.4) is 0 Å². The summed E-state index contributed by atoms with van der Waals surface area (Å²) in [5.41, 5.74) is 0. The molecule has 1 aliphatic rings. The zero-order valence-corrected chi connectivity index (χ0v) is 16.3. The Morgan fingerprint density at radius 3 is 2.54 bits per heavy atom. The van der Waals surface area contributed by atoms with Crippen molar-refractivity contribution >= 4 is 11.8 Å². The number of esters is 1. The highest BCUT2D eigenvalue weighted by molar-refractivity contribution is 5.95. The lowest BCUT2D eigenvalue weighted by Crippen LogP contribution is -2.26. The van der Waals surface area contributed by atoms with Gasteiger partial charge in [0.1, 0.15) is 0 Å². The van der Waals surface area contributed by atoms with Gasteiger partial charge in [0.15, 0.2) is 0 Å². The molecule has 0 aromatic rings. The summed E-state index contributed by atoms with van der Waals surface area (Å²) >= 11 is 0. The average Bonchev–Trinajstić information content (AvgIpc) is 3.07. The largest absolute Gasteiger partial charge is 0.469 e. The van der Waals surface area contributed by atoms with E-state index in [-0.39, 0.29) is 18.3 Å². The number of carbonyl (C=O) groups is 2. The van der Waals surface area contributed by atoms with E-state index in [0.717, 1.165) is 57.4 Å². The van der Waals surface area contributed by atoms with Crippen LogP contribution in [-0.2, 0) is 14.3 Å². The lowest BCUT2D eigenvalue weighted by Gasteiger charge is -2.17. The number of methoxy groups -OCH3 is 1. The van der Waals surface area contributed by atoms with Crippen LogP contribution in [0.1, 0.15) is 84.0 Å². The highest BCUT2D eigenvalue weighted by atomic mass is 19.3. The van der Waals surface area contributed by atoms with Gasteiger partial charge in [-0.25, -0.2) is 0 Å². The second-order valence-corrected chi connectivity index (χ2v) is 7.42. The van der Waals surface area contributed by atoms with E-state index in [2.05, 4.69) is 4.74 Å². The number of ketones is 1. The van der Waals surface area contributed by atoms with Crippen molar-refractivity contribution in [3.63, 3.8) is 0 Å². The zero-order chi connectivity index (χ0) is 19.4. The van der Waals surface area contributed by atoms with Gasteiger partial charge in [0, 0.05) is 12.8 Å². The molecule has 0 aromatic carbocycles. The van der Waals surface area contributed by atoms with E-state index < -0.39 is 11.7 Å². The van der Waals surface area contributed by atoms with E-state index in [0.29, 0.717) is 25.2 Å². The van der Waals surface area contributed by atoms with Crippen LogP contribution < -0.4 is 0 Å². The summed E-state index contributed by atoms with van der Waals surface area (Å²) in [7, 11) is 1.40. The van der Waals surface area contributed by atoms with Crippen LogP contribution in [0.5, 0.6) is 0 Å². The van der Waals surface area contributed by atoms with Crippen LogP contribution in [0, 0.1) is 11.8 Å². The van der Waals surface area contributed by atoms with Crippen molar-refractivity contribution in [2.75, 3.05) is 7.11 Å². The van der Waals surface area contributed by atoms with Gasteiger partial charge in [-0.2, -0.15) is 8.78 Å². The first kappa shape index (κ1) is 22.8. The fraction of sp³-hybridized carbons (Fsp3) is 0.810. The standard InChI is InChI=1S/C21H34F2O3/c1-3-4-16-21(22,23)19(24)15-14-18-12-9-11-17(18)10-7-5-6-8-13-20(25)26-2/h14-15,17-18H,3-13,16H2,1-2H3/b15-14+/t17-,18+/m0/s1. The van der Waals surface area contributed by atoms with E-state index >= 15 is 0 Å². The molecule has 2 atom stereocenters. The summed E-state index contributed by atoms with van der Waals surface area (Å²) in [6, 6.07) is 0. The Morgan fingerprint density at radius 1 is 1.12 bits per heavy atom. The molecule has 1 rings (SSSR count). The molecule has 0 aromatic heterocycles. The summed E-state index contributed by atoms with van der Waals surface area (Å²) < 4.78 is 32.1. The Morgan fingerprint density at radius 2 is 1.85 bits per heavy atom. The van der Waals surface area contributed by atoms with E-state index in [9.17, 15) is 18.4 Å². The molecule has 0 bridgehead atoms. The van der Waals surface area contributed by atoms with E-state index in [1.54, 1.807) is 6.08 Å². The van der Waals surface area contributed by atoms with Crippen LogP contribution in [-0.4, -0.2) is 24.8 Å². The molecule has 0 spiro atoms. The lowest BCUT2D eigenvalue weighted by molar-refractivity contribution is -0.140. The fourth-order valence-corrected chi connectivity index (χ4v) is 3.66. The molecule has 26 heavy (non-hydrogen) atoms.